The fraction of sp³-hybridized carbons (Fsp3) is 0.0667. The fourth-order valence-corrected chi connectivity index (χ4v) is 3.79. The topological polar surface area (TPSA) is 146 Å². The molecule has 0 fully saturated rings. The van der Waals surface area contributed by atoms with E-state index >= 15 is 0 Å². The van der Waals surface area contributed by atoms with Gasteiger partial charge in [0.05, 0.1) is 11.4 Å². The number of carbonyl (C=O) groups is 1. The van der Waals surface area contributed by atoms with Gasteiger partial charge in [-0.25, -0.2) is 4.39 Å². The highest BCUT2D eigenvalue weighted by atomic mass is 35.5. The van der Waals surface area contributed by atoms with Crippen molar-refractivity contribution in [2.45, 2.75) is 11.8 Å². The van der Waals surface area contributed by atoms with Crippen molar-refractivity contribution >= 4 is 51.3 Å². The summed E-state index contributed by atoms with van der Waals surface area (Å²) in [6, 6.07) is 4.27. The van der Waals surface area contributed by atoms with Gasteiger partial charge < -0.3 is 26.2 Å². The second kappa shape index (κ2) is 6.78. The van der Waals surface area contributed by atoms with Gasteiger partial charge in [-0.05, 0) is 6.07 Å². The molecule has 0 saturated heterocycles. The van der Waals surface area contributed by atoms with Crippen molar-refractivity contribution in [1.82, 2.24) is 0 Å². The molecule has 144 valence electrons. The summed E-state index contributed by atoms with van der Waals surface area (Å²) in [5, 5.41) is 27.3. The number of phenols is 2. The van der Waals surface area contributed by atoms with Crippen LogP contribution in [0.5, 0.6) is 11.5 Å². The average Bonchev–Trinajstić information content (AvgIpc) is 2.52. The number of phenolic OH excluding ortho intramolecular Hbond substituents is 2. The Morgan fingerprint density at radius 3 is 2.56 bits per heavy atom. The van der Waals surface area contributed by atoms with Crippen molar-refractivity contribution in [3.63, 3.8) is 0 Å². The summed E-state index contributed by atoms with van der Waals surface area (Å²) in [4.78, 5) is 10.9. The Kier molecular flexibility index (Phi) is 4.78. The minimum absolute atomic E-state index is 0.0589. The number of amides is 1. The number of benzene rings is 2. The van der Waals surface area contributed by atoms with E-state index in [0.29, 0.717) is 0 Å². The molecule has 0 atom stereocenters. The number of hydrogen-bond acceptors (Lipinski definition) is 8. The zero-order valence-corrected chi connectivity index (χ0v) is 15.2. The summed E-state index contributed by atoms with van der Waals surface area (Å²) in [5.74, 6) is -2.43. The van der Waals surface area contributed by atoms with Crippen molar-refractivity contribution in [2.24, 2.45) is 4.40 Å². The van der Waals surface area contributed by atoms with E-state index in [1.54, 1.807) is 0 Å². The molecule has 1 aliphatic heterocycles. The van der Waals surface area contributed by atoms with Crippen molar-refractivity contribution in [1.29, 1.82) is 0 Å². The highest BCUT2D eigenvalue weighted by molar-refractivity contribution is 8.23. The molecule has 9 nitrogen and oxygen atoms in total. The van der Waals surface area contributed by atoms with Crippen LogP contribution in [-0.2, 0) is 4.79 Å². The molecule has 0 saturated carbocycles. The maximum absolute atomic E-state index is 14.3. The van der Waals surface area contributed by atoms with Crippen molar-refractivity contribution in [2.75, 3.05) is 16.0 Å². The standard InChI is InChI=1S/C15H14ClFN4O5S/c1-6(22)18-10-4-8(17)9(5-11(10)23)19-15-20-14-12(24)2-7(16)3-13(14)27(25,26)21-15/h2-5,23-26H,1H3,(H,18,22)(H2,19,20,21). The quantitative estimate of drug-likeness (QED) is 0.369. The lowest BCUT2D eigenvalue weighted by atomic mass is 10.2. The number of rotatable bonds is 2. The van der Waals surface area contributed by atoms with Crippen LogP contribution >= 0.6 is 22.4 Å². The number of fused-ring (bicyclic) bond motifs is 1. The van der Waals surface area contributed by atoms with E-state index in [1.165, 1.54) is 19.1 Å². The van der Waals surface area contributed by atoms with Gasteiger partial charge in [-0.15, -0.1) is 4.40 Å². The second-order valence-corrected chi connectivity index (χ2v) is 7.63. The first-order valence-corrected chi connectivity index (χ1v) is 9.20. The second-order valence-electron chi connectivity index (χ2n) is 5.54. The lowest BCUT2D eigenvalue weighted by Gasteiger charge is -2.34. The van der Waals surface area contributed by atoms with Crippen LogP contribution in [0.3, 0.4) is 0 Å². The van der Waals surface area contributed by atoms with Crippen LogP contribution in [0.25, 0.3) is 0 Å². The van der Waals surface area contributed by atoms with Crippen LogP contribution in [0.4, 0.5) is 21.5 Å². The van der Waals surface area contributed by atoms with Crippen molar-refractivity contribution in [3.8, 4) is 11.5 Å². The number of carbonyl (C=O) groups excluding carboxylic acids is 1. The van der Waals surface area contributed by atoms with Crippen LogP contribution in [0.15, 0.2) is 33.6 Å². The van der Waals surface area contributed by atoms with Gasteiger partial charge in [0.15, 0.2) is 0 Å². The van der Waals surface area contributed by atoms with Crippen LogP contribution in [0.2, 0.25) is 5.02 Å². The first-order chi connectivity index (χ1) is 12.6. The maximum atomic E-state index is 14.3. The molecule has 2 aromatic carbocycles. The minimum Gasteiger partial charge on any atom is -0.506 e. The Bertz CT molecular complexity index is 985. The van der Waals surface area contributed by atoms with Gasteiger partial charge in [-0.2, -0.15) is 0 Å². The summed E-state index contributed by atoms with van der Waals surface area (Å²) in [5.41, 5.74) is -0.456. The Balaban J connectivity index is 1.94. The lowest BCUT2D eigenvalue weighted by Crippen LogP contribution is -2.27. The van der Waals surface area contributed by atoms with E-state index in [9.17, 15) is 28.5 Å². The first-order valence-electron chi connectivity index (χ1n) is 7.31. The fourth-order valence-electron chi connectivity index (χ4n) is 2.36. The lowest BCUT2D eigenvalue weighted by molar-refractivity contribution is -0.114. The largest absolute Gasteiger partial charge is 0.506 e. The molecule has 0 aromatic heterocycles. The summed E-state index contributed by atoms with van der Waals surface area (Å²) >= 11 is 5.80. The molecule has 2 aromatic rings. The zero-order chi connectivity index (χ0) is 19.9. The van der Waals surface area contributed by atoms with Crippen LogP contribution in [0.1, 0.15) is 6.92 Å². The highest BCUT2D eigenvalue weighted by Gasteiger charge is 2.29. The van der Waals surface area contributed by atoms with Gasteiger partial charge in [0.25, 0.3) is 0 Å². The van der Waals surface area contributed by atoms with E-state index in [1.807, 2.05) is 0 Å². The molecule has 7 N–H and O–H groups in total. The van der Waals surface area contributed by atoms with Crippen molar-refractivity contribution < 1.29 is 28.5 Å². The Morgan fingerprint density at radius 1 is 1.19 bits per heavy atom. The molecule has 12 heteroatoms. The molecule has 0 radical (unpaired) electrons. The Hall–Kier alpha value is -2.73. The van der Waals surface area contributed by atoms with E-state index in [0.717, 1.165) is 12.1 Å². The summed E-state index contributed by atoms with van der Waals surface area (Å²) in [6.07, 6.45) is 0. The van der Waals surface area contributed by atoms with Gasteiger partial charge in [-0.1, -0.05) is 22.4 Å². The van der Waals surface area contributed by atoms with E-state index in [4.69, 9.17) is 11.6 Å². The van der Waals surface area contributed by atoms with Gasteiger partial charge in [0, 0.05) is 30.1 Å². The van der Waals surface area contributed by atoms with Crippen LogP contribution in [0, 0.1) is 5.82 Å². The van der Waals surface area contributed by atoms with E-state index in [-0.39, 0.29) is 38.7 Å². The molecular formula is C15H14ClFN4O5S. The van der Waals surface area contributed by atoms with E-state index < -0.39 is 28.2 Å². The maximum Gasteiger partial charge on any atom is 0.223 e. The number of halogens is 2. The van der Waals surface area contributed by atoms with Gasteiger partial charge in [0.2, 0.25) is 11.9 Å². The predicted octanol–water partition coefficient (Wildman–Crippen LogP) is 3.77. The van der Waals surface area contributed by atoms with Gasteiger partial charge >= 0.3 is 0 Å². The third kappa shape index (κ3) is 3.85. The highest BCUT2D eigenvalue weighted by Crippen LogP contribution is 2.57. The number of nitrogens with zero attached hydrogens (tertiary/aromatic N) is 1. The van der Waals surface area contributed by atoms with E-state index in [2.05, 4.69) is 20.3 Å². The summed E-state index contributed by atoms with van der Waals surface area (Å²) in [6.45, 7) is 1.20. The third-order valence-corrected chi connectivity index (χ3v) is 5.02. The number of aromatic hydroxyl groups is 2. The van der Waals surface area contributed by atoms with Gasteiger partial charge in [0.1, 0.15) is 27.9 Å². The molecular weight excluding hydrogens is 403 g/mol. The SMILES string of the molecule is CC(=O)Nc1cc(F)c(NC2=NS(O)(O)c3cc(Cl)cc(O)c3N2)cc1O. The molecule has 0 spiro atoms. The average molecular weight is 417 g/mol. The molecule has 1 amide bonds. The Morgan fingerprint density at radius 2 is 1.89 bits per heavy atom. The predicted molar refractivity (Wildman–Crippen MR) is 101 cm³/mol. The molecule has 0 bridgehead atoms. The smallest absolute Gasteiger partial charge is 0.223 e. The molecule has 3 rings (SSSR count). The molecule has 1 heterocycles. The third-order valence-electron chi connectivity index (χ3n) is 3.45. The number of guanidine groups is 1. The zero-order valence-electron chi connectivity index (χ0n) is 13.6. The van der Waals surface area contributed by atoms with Crippen LogP contribution in [-0.4, -0.2) is 31.2 Å². The van der Waals surface area contributed by atoms with Crippen molar-refractivity contribution in [3.05, 3.63) is 35.1 Å². The molecule has 1 aliphatic rings. The summed E-state index contributed by atoms with van der Waals surface area (Å²) in [7, 11) is -3.73. The first kappa shape index (κ1) is 19.0. The summed E-state index contributed by atoms with van der Waals surface area (Å²) < 4.78 is 38.3. The number of hydrogen-bond donors (Lipinski definition) is 7. The molecule has 0 unspecified atom stereocenters. The minimum atomic E-state index is -3.73. The number of nitrogens with one attached hydrogen (secondary N) is 3. The molecule has 0 aliphatic carbocycles. The monoisotopic (exact) mass is 416 g/mol. The molecule has 27 heavy (non-hydrogen) atoms. The number of anilines is 3. The Labute approximate surface area is 159 Å². The normalized spacial score (nSPS) is 15.8. The van der Waals surface area contributed by atoms with Crippen LogP contribution < -0.4 is 16.0 Å². The van der Waals surface area contributed by atoms with Gasteiger partial charge in [-0.3, -0.25) is 13.9 Å².